The number of halogens is 1. The highest BCUT2D eigenvalue weighted by Gasteiger charge is 2.20. The first-order chi connectivity index (χ1) is 8.11. The Morgan fingerprint density at radius 1 is 1.53 bits per heavy atom. The summed E-state index contributed by atoms with van der Waals surface area (Å²) in [5.74, 6) is 1.01. The van der Waals surface area contributed by atoms with Crippen LogP contribution in [0.2, 0.25) is 5.02 Å². The predicted octanol–water partition coefficient (Wildman–Crippen LogP) is 3.52. The van der Waals surface area contributed by atoms with Gasteiger partial charge in [0, 0.05) is 11.8 Å². The molecule has 1 aromatic rings. The largest absolute Gasteiger partial charge is 0.308 e. The van der Waals surface area contributed by atoms with E-state index in [2.05, 4.69) is 37.4 Å². The molecule has 3 nitrogen and oxygen atoms in total. The first kappa shape index (κ1) is 14.9. The summed E-state index contributed by atoms with van der Waals surface area (Å²) in [7, 11) is 0. The molecule has 1 atom stereocenters. The molecule has 0 aliphatic rings. The van der Waals surface area contributed by atoms with Gasteiger partial charge >= 0.3 is 0 Å². The molecule has 0 saturated heterocycles. The van der Waals surface area contributed by atoms with Crippen LogP contribution in [0.5, 0.6) is 0 Å². The Kier molecular flexibility index (Phi) is 6.38. The van der Waals surface area contributed by atoms with Crippen LogP contribution in [0.4, 0.5) is 0 Å². The number of hydrogen-bond donors (Lipinski definition) is 1. The summed E-state index contributed by atoms with van der Waals surface area (Å²) >= 11 is 8.09. The van der Waals surface area contributed by atoms with Gasteiger partial charge in [0.15, 0.2) is 0 Å². The Labute approximate surface area is 113 Å². The van der Waals surface area contributed by atoms with Gasteiger partial charge in [0.2, 0.25) is 0 Å². The van der Waals surface area contributed by atoms with E-state index in [4.69, 9.17) is 11.6 Å². The average molecular weight is 276 g/mol. The lowest BCUT2D eigenvalue weighted by molar-refractivity contribution is 0.463. The van der Waals surface area contributed by atoms with Gasteiger partial charge in [-0.05, 0) is 33.1 Å². The minimum atomic E-state index is 0.280. The van der Waals surface area contributed by atoms with E-state index in [9.17, 15) is 0 Å². The molecule has 0 saturated carbocycles. The van der Waals surface area contributed by atoms with Crippen molar-refractivity contribution in [1.82, 2.24) is 15.1 Å². The van der Waals surface area contributed by atoms with Crippen LogP contribution < -0.4 is 5.32 Å². The van der Waals surface area contributed by atoms with Gasteiger partial charge in [-0.3, -0.25) is 4.68 Å². The molecule has 0 fully saturated rings. The zero-order chi connectivity index (χ0) is 12.8. The van der Waals surface area contributed by atoms with E-state index in [1.807, 2.05) is 16.4 Å². The summed E-state index contributed by atoms with van der Waals surface area (Å²) in [6.45, 7) is 7.43. The van der Waals surface area contributed by atoms with Crippen molar-refractivity contribution in [3.63, 3.8) is 0 Å². The first-order valence-electron chi connectivity index (χ1n) is 6.07. The maximum absolute atomic E-state index is 6.27. The van der Waals surface area contributed by atoms with Crippen molar-refractivity contribution >= 4 is 23.4 Å². The van der Waals surface area contributed by atoms with Gasteiger partial charge < -0.3 is 5.32 Å². The molecule has 0 radical (unpaired) electrons. The molecule has 98 valence electrons. The maximum atomic E-state index is 6.27. The number of rotatable bonds is 7. The van der Waals surface area contributed by atoms with Crippen LogP contribution >= 0.6 is 23.4 Å². The lowest BCUT2D eigenvalue weighted by Crippen LogP contribution is -2.27. The van der Waals surface area contributed by atoms with E-state index in [0.717, 1.165) is 29.4 Å². The minimum absolute atomic E-state index is 0.280. The molecule has 1 rings (SSSR count). The van der Waals surface area contributed by atoms with Gasteiger partial charge in [-0.15, -0.1) is 0 Å². The van der Waals surface area contributed by atoms with E-state index in [-0.39, 0.29) is 6.04 Å². The number of nitrogens with one attached hydrogen (secondary N) is 1. The number of thioether (sulfide) groups is 1. The summed E-state index contributed by atoms with van der Waals surface area (Å²) in [5, 5.41) is 8.67. The smallest absolute Gasteiger partial charge is 0.0834 e. The lowest BCUT2D eigenvalue weighted by atomic mass is 10.2. The summed E-state index contributed by atoms with van der Waals surface area (Å²) in [6.07, 6.45) is 4.99. The van der Waals surface area contributed by atoms with Gasteiger partial charge in [-0.1, -0.05) is 18.5 Å². The monoisotopic (exact) mass is 275 g/mol. The third-order valence-electron chi connectivity index (χ3n) is 2.58. The average Bonchev–Trinajstić information content (AvgIpc) is 2.66. The second-order valence-corrected chi connectivity index (χ2v) is 5.70. The van der Waals surface area contributed by atoms with Gasteiger partial charge in [0.05, 0.1) is 23.0 Å². The molecule has 1 aromatic heterocycles. The topological polar surface area (TPSA) is 29.9 Å². The quantitative estimate of drug-likeness (QED) is 0.826. The van der Waals surface area contributed by atoms with Crippen molar-refractivity contribution in [2.45, 2.75) is 39.3 Å². The number of nitrogens with zero attached hydrogens (tertiary/aromatic N) is 2. The van der Waals surface area contributed by atoms with E-state index in [1.54, 1.807) is 6.20 Å². The third kappa shape index (κ3) is 3.90. The molecule has 17 heavy (non-hydrogen) atoms. The Hall–Kier alpha value is -0.190. The third-order valence-corrected chi connectivity index (χ3v) is 3.54. The van der Waals surface area contributed by atoms with Gasteiger partial charge in [0.1, 0.15) is 0 Å². The Bertz CT molecular complexity index is 338. The highest BCUT2D eigenvalue weighted by Crippen LogP contribution is 2.27. The zero-order valence-corrected chi connectivity index (χ0v) is 12.6. The van der Waals surface area contributed by atoms with E-state index >= 15 is 0 Å². The highest BCUT2D eigenvalue weighted by molar-refractivity contribution is 7.98. The normalized spacial score (nSPS) is 13.3. The van der Waals surface area contributed by atoms with Crippen LogP contribution in [0.25, 0.3) is 0 Å². The summed E-state index contributed by atoms with van der Waals surface area (Å²) < 4.78 is 2.02. The number of hydrogen-bond acceptors (Lipinski definition) is 3. The molecule has 1 unspecified atom stereocenters. The Morgan fingerprint density at radius 3 is 2.76 bits per heavy atom. The van der Waals surface area contributed by atoms with Crippen molar-refractivity contribution in [3.8, 4) is 0 Å². The maximum Gasteiger partial charge on any atom is 0.0834 e. The van der Waals surface area contributed by atoms with E-state index in [0.29, 0.717) is 6.04 Å². The fraction of sp³-hybridized carbons (Fsp3) is 0.750. The van der Waals surface area contributed by atoms with Crippen LogP contribution in [0.3, 0.4) is 0 Å². The molecule has 0 spiro atoms. The number of aromatic nitrogens is 2. The Balaban J connectivity index is 2.94. The van der Waals surface area contributed by atoms with Crippen LogP contribution in [0.15, 0.2) is 6.20 Å². The molecule has 0 aliphatic carbocycles. The van der Waals surface area contributed by atoms with E-state index in [1.165, 1.54) is 0 Å². The van der Waals surface area contributed by atoms with Crippen LogP contribution in [0.1, 0.15) is 45.0 Å². The van der Waals surface area contributed by atoms with Crippen molar-refractivity contribution in [3.05, 3.63) is 16.9 Å². The first-order valence-corrected chi connectivity index (χ1v) is 7.84. The molecule has 1 heterocycles. The molecular weight excluding hydrogens is 254 g/mol. The SMILES string of the molecule is CCCNC(CSC)c1c(Cl)cnn1C(C)C. The molecular formula is C12H22ClN3S. The standard InChI is InChI=1S/C12H22ClN3S/c1-5-6-14-11(8-17-4)12-10(13)7-15-16(12)9(2)3/h7,9,11,14H,5-6,8H2,1-4H3. The summed E-state index contributed by atoms with van der Waals surface area (Å²) in [6, 6.07) is 0.618. The molecule has 0 amide bonds. The fourth-order valence-corrected chi connectivity index (χ4v) is 2.68. The molecule has 1 N–H and O–H groups in total. The van der Waals surface area contributed by atoms with Crippen molar-refractivity contribution in [2.75, 3.05) is 18.6 Å². The van der Waals surface area contributed by atoms with Gasteiger partial charge in [-0.2, -0.15) is 16.9 Å². The van der Waals surface area contributed by atoms with E-state index < -0.39 is 0 Å². The summed E-state index contributed by atoms with van der Waals surface area (Å²) in [5.41, 5.74) is 1.12. The van der Waals surface area contributed by atoms with Crippen LogP contribution in [0, 0.1) is 0 Å². The van der Waals surface area contributed by atoms with Gasteiger partial charge in [-0.25, -0.2) is 0 Å². The molecule has 0 bridgehead atoms. The van der Waals surface area contributed by atoms with Crippen molar-refractivity contribution in [1.29, 1.82) is 0 Å². The van der Waals surface area contributed by atoms with Crippen molar-refractivity contribution in [2.24, 2.45) is 0 Å². The molecule has 0 aromatic carbocycles. The molecule has 5 heteroatoms. The predicted molar refractivity (Wildman–Crippen MR) is 77.0 cm³/mol. The summed E-state index contributed by atoms with van der Waals surface area (Å²) in [4.78, 5) is 0. The second kappa shape index (κ2) is 7.29. The van der Waals surface area contributed by atoms with Crippen LogP contribution in [-0.2, 0) is 0 Å². The zero-order valence-electron chi connectivity index (χ0n) is 11.0. The minimum Gasteiger partial charge on any atom is -0.308 e. The fourth-order valence-electron chi connectivity index (χ4n) is 1.81. The highest BCUT2D eigenvalue weighted by atomic mass is 35.5. The van der Waals surface area contributed by atoms with Gasteiger partial charge in [0.25, 0.3) is 0 Å². The Morgan fingerprint density at radius 2 is 2.24 bits per heavy atom. The second-order valence-electron chi connectivity index (χ2n) is 4.38. The molecule has 0 aliphatic heterocycles. The van der Waals surface area contributed by atoms with Crippen LogP contribution in [-0.4, -0.2) is 28.3 Å². The lowest BCUT2D eigenvalue weighted by Gasteiger charge is -2.21. The van der Waals surface area contributed by atoms with Crippen molar-refractivity contribution < 1.29 is 0 Å².